The molecule has 0 atom stereocenters. The molecule has 0 unspecified atom stereocenters. The molecule has 18 heavy (non-hydrogen) atoms. The lowest BCUT2D eigenvalue weighted by atomic mass is 10.0. The van der Waals surface area contributed by atoms with Gasteiger partial charge in [0.1, 0.15) is 5.76 Å². The van der Waals surface area contributed by atoms with Gasteiger partial charge in [0.05, 0.1) is 6.61 Å². The van der Waals surface area contributed by atoms with Crippen molar-refractivity contribution in [1.29, 1.82) is 0 Å². The molecule has 0 aromatic rings. The van der Waals surface area contributed by atoms with E-state index in [2.05, 4.69) is 6.58 Å². The Kier molecular flexibility index (Phi) is 7.52. The summed E-state index contributed by atoms with van der Waals surface area (Å²) in [7, 11) is 3.74. The summed E-state index contributed by atoms with van der Waals surface area (Å²) in [4.78, 5) is 13.9. The molecule has 0 aromatic carbocycles. The Hall–Kier alpha value is -1.77. The highest BCUT2D eigenvalue weighted by Crippen LogP contribution is 2.18. The number of carbonyl (C=O) groups is 1. The number of allylic oxidation sites excluding steroid dienone is 5. The second kappa shape index (κ2) is 8.34. The predicted molar refractivity (Wildman–Crippen MR) is 76.1 cm³/mol. The van der Waals surface area contributed by atoms with Gasteiger partial charge in [0.25, 0.3) is 0 Å². The molecule has 0 fully saturated rings. The highest BCUT2D eigenvalue weighted by molar-refractivity contribution is 6.07. The Bertz CT molecular complexity index is 387. The van der Waals surface area contributed by atoms with Gasteiger partial charge in [-0.15, -0.1) is 0 Å². The second-order valence-electron chi connectivity index (χ2n) is 3.97. The summed E-state index contributed by atoms with van der Waals surface area (Å²) >= 11 is 0. The quantitative estimate of drug-likeness (QED) is 0.394. The van der Waals surface area contributed by atoms with Gasteiger partial charge in [0, 0.05) is 37.5 Å². The van der Waals surface area contributed by atoms with E-state index in [4.69, 9.17) is 4.74 Å². The monoisotopic (exact) mass is 249 g/mol. The average molecular weight is 249 g/mol. The van der Waals surface area contributed by atoms with Crippen LogP contribution in [0.5, 0.6) is 0 Å². The number of rotatable bonds is 7. The zero-order chi connectivity index (χ0) is 14.1. The van der Waals surface area contributed by atoms with Gasteiger partial charge in [-0.1, -0.05) is 12.7 Å². The molecule has 0 heterocycles. The average Bonchev–Trinajstić information content (AvgIpc) is 2.34. The van der Waals surface area contributed by atoms with Crippen molar-refractivity contribution in [2.75, 3.05) is 20.7 Å². The lowest BCUT2D eigenvalue weighted by Gasteiger charge is -2.11. The third-order valence-electron chi connectivity index (χ3n) is 2.34. The molecule has 0 saturated heterocycles. The van der Waals surface area contributed by atoms with E-state index in [9.17, 15) is 4.79 Å². The van der Waals surface area contributed by atoms with Crippen molar-refractivity contribution < 1.29 is 9.53 Å². The van der Waals surface area contributed by atoms with Crippen LogP contribution in [0.1, 0.15) is 20.8 Å². The van der Waals surface area contributed by atoms with Crippen molar-refractivity contribution in [1.82, 2.24) is 4.90 Å². The van der Waals surface area contributed by atoms with Gasteiger partial charge in [-0.25, -0.2) is 0 Å². The predicted octanol–water partition coefficient (Wildman–Crippen LogP) is 3.07. The third kappa shape index (κ3) is 5.04. The summed E-state index contributed by atoms with van der Waals surface area (Å²) < 4.78 is 5.45. The summed E-state index contributed by atoms with van der Waals surface area (Å²) in [6, 6.07) is 0. The zero-order valence-electron chi connectivity index (χ0n) is 12.0. The Balaban J connectivity index is 5.21. The van der Waals surface area contributed by atoms with Crippen molar-refractivity contribution in [3.8, 4) is 0 Å². The normalized spacial score (nSPS) is 13.3. The number of hydrogen-bond donors (Lipinski definition) is 0. The van der Waals surface area contributed by atoms with Gasteiger partial charge in [-0.3, -0.25) is 4.79 Å². The first-order valence-electron chi connectivity index (χ1n) is 5.99. The summed E-state index contributed by atoms with van der Waals surface area (Å²) in [6.45, 7) is 9.86. The molecule has 0 N–H and O–H groups in total. The van der Waals surface area contributed by atoms with Crippen LogP contribution in [0, 0.1) is 0 Å². The van der Waals surface area contributed by atoms with Crippen LogP contribution >= 0.6 is 0 Å². The Labute approximate surface area is 110 Å². The standard InChI is InChI=1S/C15H23NO2/c1-7-13(14(17)10-11-16(5)6)12(4)15(8-2)18-9-3/h7-8,10-11H,2,9H2,1,3-6H3/b11-10+,13-7+,15-12-. The molecule has 0 saturated carbocycles. The topological polar surface area (TPSA) is 29.5 Å². The van der Waals surface area contributed by atoms with Crippen LogP contribution in [-0.2, 0) is 9.53 Å². The third-order valence-corrected chi connectivity index (χ3v) is 2.34. The Morgan fingerprint density at radius 2 is 2.00 bits per heavy atom. The van der Waals surface area contributed by atoms with Gasteiger partial charge in [-0.05, 0) is 26.8 Å². The molecule has 0 spiro atoms. The minimum absolute atomic E-state index is 0.0391. The molecule has 0 amide bonds. The molecular weight excluding hydrogens is 226 g/mol. The van der Waals surface area contributed by atoms with Crippen LogP contribution in [0.4, 0.5) is 0 Å². The maximum Gasteiger partial charge on any atom is 0.187 e. The number of carbonyl (C=O) groups excluding carboxylic acids is 1. The zero-order valence-corrected chi connectivity index (χ0v) is 12.0. The fraction of sp³-hybridized carbons (Fsp3) is 0.400. The van der Waals surface area contributed by atoms with E-state index in [1.165, 1.54) is 0 Å². The van der Waals surface area contributed by atoms with E-state index in [0.717, 1.165) is 5.57 Å². The number of ketones is 1. The smallest absolute Gasteiger partial charge is 0.187 e. The highest BCUT2D eigenvalue weighted by Gasteiger charge is 2.11. The van der Waals surface area contributed by atoms with Gasteiger partial charge >= 0.3 is 0 Å². The first-order valence-corrected chi connectivity index (χ1v) is 5.99. The van der Waals surface area contributed by atoms with Crippen molar-refractivity contribution in [2.24, 2.45) is 0 Å². The summed E-state index contributed by atoms with van der Waals surface area (Å²) in [5, 5.41) is 0. The van der Waals surface area contributed by atoms with Gasteiger partial charge < -0.3 is 9.64 Å². The van der Waals surface area contributed by atoms with Gasteiger partial charge in [0.15, 0.2) is 5.78 Å². The first-order chi connectivity index (χ1) is 8.47. The van der Waals surface area contributed by atoms with Gasteiger partial charge in [0.2, 0.25) is 0 Å². The van der Waals surface area contributed by atoms with Crippen LogP contribution in [0.3, 0.4) is 0 Å². The maximum atomic E-state index is 12.0. The number of ether oxygens (including phenoxy) is 1. The SMILES string of the molecule is C=C/C(OCC)=C(C)/C(=C\C)C(=O)/C=C/N(C)C. The highest BCUT2D eigenvalue weighted by atomic mass is 16.5. The van der Waals surface area contributed by atoms with Crippen LogP contribution in [0.25, 0.3) is 0 Å². The Morgan fingerprint density at radius 3 is 2.39 bits per heavy atom. The van der Waals surface area contributed by atoms with Gasteiger partial charge in [-0.2, -0.15) is 0 Å². The lowest BCUT2D eigenvalue weighted by Crippen LogP contribution is -2.07. The van der Waals surface area contributed by atoms with E-state index in [-0.39, 0.29) is 5.78 Å². The molecule has 0 radical (unpaired) electrons. The Morgan fingerprint density at radius 1 is 1.39 bits per heavy atom. The van der Waals surface area contributed by atoms with Crippen molar-refractivity contribution in [3.05, 3.63) is 47.9 Å². The van der Waals surface area contributed by atoms with Crippen LogP contribution in [-0.4, -0.2) is 31.4 Å². The first kappa shape index (κ1) is 16.2. The molecule has 0 aromatic heterocycles. The van der Waals surface area contributed by atoms with Crippen molar-refractivity contribution >= 4 is 5.78 Å². The molecule has 0 aliphatic rings. The fourth-order valence-electron chi connectivity index (χ4n) is 1.46. The molecule has 0 bridgehead atoms. The number of hydrogen-bond acceptors (Lipinski definition) is 3. The minimum Gasteiger partial charge on any atom is -0.494 e. The fourth-order valence-corrected chi connectivity index (χ4v) is 1.46. The van der Waals surface area contributed by atoms with Crippen LogP contribution < -0.4 is 0 Å². The largest absolute Gasteiger partial charge is 0.494 e. The molecule has 0 aliphatic heterocycles. The molecule has 0 aliphatic carbocycles. The van der Waals surface area contributed by atoms with E-state index in [0.29, 0.717) is 17.9 Å². The molecule has 3 heteroatoms. The minimum atomic E-state index is -0.0391. The molecule has 0 rings (SSSR count). The summed E-state index contributed by atoms with van der Waals surface area (Å²) in [5.41, 5.74) is 1.44. The van der Waals surface area contributed by atoms with E-state index >= 15 is 0 Å². The summed E-state index contributed by atoms with van der Waals surface area (Å²) in [5.74, 6) is 0.611. The van der Waals surface area contributed by atoms with E-state index < -0.39 is 0 Å². The second-order valence-corrected chi connectivity index (χ2v) is 3.97. The lowest BCUT2D eigenvalue weighted by molar-refractivity contribution is -0.111. The molecular formula is C15H23NO2. The van der Waals surface area contributed by atoms with Crippen LogP contribution in [0.2, 0.25) is 0 Å². The van der Waals surface area contributed by atoms with Crippen molar-refractivity contribution in [2.45, 2.75) is 20.8 Å². The van der Waals surface area contributed by atoms with E-state index in [1.54, 1.807) is 24.4 Å². The number of nitrogens with zero attached hydrogens (tertiary/aromatic N) is 1. The molecule has 100 valence electrons. The summed E-state index contributed by atoms with van der Waals surface area (Å²) in [6.07, 6.45) is 6.70. The molecule has 3 nitrogen and oxygen atoms in total. The maximum absolute atomic E-state index is 12.0. The van der Waals surface area contributed by atoms with Crippen LogP contribution in [0.15, 0.2) is 47.9 Å². The van der Waals surface area contributed by atoms with Crippen molar-refractivity contribution in [3.63, 3.8) is 0 Å². The van der Waals surface area contributed by atoms with E-state index in [1.807, 2.05) is 39.8 Å².